The number of hydrogen-bond acceptors (Lipinski definition) is 4. The van der Waals surface area contributed by atoms with Gasteiger partial charge in [-0.2, -0.15) is 0 Å². The van der Waals surface area contributed by atoms with Crippen LogP contribution in [0.1, 0.15) is 44.6 Å². The first-order valence-electron chi connectivity index (χ1n) is 8.74. The van der Waals surface area contributed by atoms with Crippen molar-refractivity contribution in [2.24, 2.45) is 0 Å². The van der Waals surface area contributed by atoms with Crippen molar-refractivity contribution >= 4 is 29.2 Å². The fraction of sp³-hybridized carbons (Fsp3) is 0.136. The molecule has 1 N–H and O–H groups in total. The number of ether oxygens (including phenoxy) is 2. The summed E-state index contributed by atoms with van der Waals surface area (Å²) in [5.74, 6) is 0.279. The molecule has 2 aliphatic rings. The largest absolute Gasteiger partial charge is 0.506 e. The SMILES string of the molecule is Cc1cc2c(cc1Cl)C(C1OC(=O)c3ccccc31)c1cc(Cl)c(O)cc1O2. The summed E-state index contributed by atoms with van der Waals surface area (Å²) in [6.07, 6.45) is -0.551. The molecule has 4 nitrogen and oxygen atoms in total. The van der Waals surface area contributed by atoms with Crippen LogP contribution in [0.4, 0.5) is 0 Å². The summed E-state index contributed by atoms with van der Waals surface area (Å²) in [5, 5.41) is 10.9. The van der Waals surface area contributed by atoms with Crippen LogP contribution in [0.15, 0.2) is 48.5 Å². The first-order chi connectivity index (χ1) is 13.4. The van der Waals surface area contributed by atoms with Gasteiger partial charge in [-0.25, -0.2) is 4.79 Å². The molecule has 0 aromatic heterocycles. The van der Waals surface area contributed by atoms with Crippen LogP contribution in [-0.4, -0.2) is 11.1 Å². The molecule has 3 aromatic carbocycles. The summed E-state index contributed by atoms with van der Waals surface area (Å²) in [5.41, 5.74) is 3.75. The summed E-state index contributed by atoms with van der Waals surface area (Å²) in [6, 6.07) is 14.2. The molecule has 2 unspecified atom stereocenters. The second kappa shape index (κ2) is 6.16. The molecule has 0 saturated heterocycles. The number of phenolic OH excluding ortho intramolecular Hbond substituents is 1. The number of hydrogen-bond donors (Lipinski definition) is 1. The maximum absolute atomic E-state index is 12.4. The number of benzene rings is 3. The van der Waals surface area contributed by atoms with Crippen LogP contribution in [0, 0.1) is 6.92 Å². The minimum Gasteiger partial charge on any atom is -0.506 e. The van der Waals surface area contributed by atoms with E-state index in [1.54, 1.807) is 12.1 Å². The predicted octanol–water partition coefficient (Wildman–Crippen LogP) is 6.16. The minimum absolute atomic E-state index is 0.0721. The molecule has 0 bridgehead atoms. The van der Waals surface area contributed by atoms with Gasteiger partial charge in [0, 0.05) is 27.8 Å². The fourth-order valence-corrected chi connectivity index (χ4v) is 4.27. The Morgan fingerprint density at radius 2 is 1.61 bits per heavy atom. The van der Waals surface area contributed by atoms with Gasteiger partial charge in [-0.15, -0.1) is 0 Å². The first kappa shape index (κ1) is 17.4. The third-order valence-electron chi connectivity index (χ3n) is 5.28. The highest BCUT2D eigenvalue weighted by Crippen LogP contribution is 2.55. The average molecular weight is 413 g/mol. The number of carbonyl (C=O) groups is 1. The molecule has 0 aliphatic carbocycles. The Hall–Kier alpha value is -2.69. The first-order valence-corrected chi connectivity index (χ1v) is 9.50. The third kappa shape index (κ3) is 2.49. The maximum Gasteiger partial charge on any atom is 0.339 e. The van der Waals surface area contributed by atoms with Crippen LogP contribution in [0.25, 0.3) is 0 Å². The van der Waals surface area contributed by atoms with E-state index >= 15 is 0 Å². The van der Waals surface area contributed by atoms with Crippen molar-refractivity contribution in [1.82, 2.24) is 0 Å². The second-order valence-electron chi connectivity index (χ2n) is 6.97. The standard InChI is InChI=1S/C22H14Cl2O4/c1-10-6-18-13(7-15(10)23)20(14-8-16(24)17(25)9-19(14)27-18)21-11-4-2-3-5-12(11)22(26)28-21/h2-9,20-21,25H,1H3. The van der Waals surface area contributed by atoms with Crippen LogP contribution < -0.4 is 4.74 Å². The van der Waals surface area contributed by atoms with Gasteiger partial charge in [0.1, 0.15) is 23.4 Å². The van der Waals surface area contributed by atoms with Crippen LogP contribution in [0.2, 0.25) is 10.0 Å². The number of phenols is 1. The summed E-state index contributed by atoms with van der Waals surface area (Å²) in [6.45, 7) is 1.89. The molecular formula is C22H14Cl2O4. The Bertz CT molecular complexity index is 1100. The molecule has 28 heavy (non-hydrogen) atoms. The molecule has 0 spiro atoms. The number of carbonyl (C=O) groups excluding carboxylic acids is 1. The van der Waals surface area contributed by atoms with Crippen molar-refractivity contribution in [3.8, 4) is 17.2 Å². The highest BCUT2D eigenvalue weighted by Gasteiger charge is 2.42. The van der Waals surface area contributed by atoms with E-state index in [0.717, 1.165) is 22.3 Å². The Morgan fingerprint density at radius 1 is 0.929 bits per heavy atom. The molecule has 2 aliphatic heterocycles. The number of halogens is 2. The van der Waals surface area contributed by atoms with Gasteiger partial charge >= 0.3 is 5.97 Å². The van der Waals surface area contributed by atoms with Gasteiger partial charge < -0.3 is 14.6 Å². The smallest absolute Gasteiger partial charge is 0.339 e. The summed E-state index contributed by atoms with van der Waals surface area (Å²) in [7, 11) is 0. The lowest BCUT2D eigenvalue weighted by atomic mass is 9.80. The second-order valence-corrected chi connectivity index (χ2v) is 7.79. The Labute approximate surface area is 171 Å². The van der Waals surface area contributed by atoms with Gasteiger partial charge in [0.25, 0.3) is 0 Å². The number of aryl methyl sites for hydroxylation is 1. The van der Waals surface area contributed by atoms with Crippen molar-refractivity contribution in [2.45, 2.75) is 18.9 Å². The molecule has 0 saturated carbocycles. The highest BCUT2D eigenvalue weighted by molar-refractivity contribution is 6.32. The topological polar surface area (TPSA) is 55.8 Å². The van der Waals surface area contributed by atoms with E-state index in [9.17, 15) is 9.90 Å². The number of rotatable bonds is 1. The number of fused-ring (bicyclic) bond motifs is 3. The molecule has 6 heteroatoms. The van der Waals surface area contributed by atoms with Crippen molar-refractivity contribution in [1.29, 1.82) is 0 Å². The van der Waals surface area contributed by atoms with Crippen LogP contribution in [0.3, 0.4) is 0 Å². The molecule has 5 rings (SSSR count). The summed E-state index contributed by atoms with van der Waals surface area (Å²) >= 11 is 12.6. The quantitative estimate of drug-likeness (QED) is 0.486. The highest BCUT2D eigenvalue weighted by atomic mass is 35.5. The number of esters is 1. The number of cyclic esters (lactones) is 1. The van der Waals surface area contributed by atoms with E-state index < -0.39 is 6.10 Å². The summed E-state index contributed by atoms with van der Waals surface area (Å²) in [4.78, 5) is 12.4. The lowest BCUT2D eigenvalue weighted by Gasteiger charge is -2.32. The predicted molar refractivity (Wildman–Crippen MR) is 106 cm³/mol. The molecule has 0 radical (unpaired) electrons. The summed E-state index contributed by atoms with van der Waals surface area (Å²) < 4.78 is 11.8. The molecule has 0 amide bonds. The zero-order chi connectivity index (χ0) is 19.6. The minimum atomic E-state index is -0.551. The van der Waals surface area contributed by atoms with Gasteiger partial charge in [0.05, 0.1) is 16.5 Å². The fourth-order valence-electron chi connectivity index (χ4n) is 3.92. The van der Waals surface area contributed by atoms with E-state index in [4.69, 9.17) is 32.7 Å². The molecule has 0 fully saturated rings. The van der Waals surface area contributed by atoms with Crippen LogP contribution >= 0.6 is 23.2 Å². The average Bonchev–Trinajstić information content (AvgIpc) is 3.00. The van der Waals surface area contributed by atoms with Crippen LogP contribution in [0.5, 0.6) is 17.2 Å². The van der Waals surface area contributed by atoms with Gasteiger partial charge in [-0.3, -0.25) is 0 Å². The van der Waals surface area contributed by atoms with E-state index in [1.807, 2.05) is 37.3 Å². The molecule has 3 aromatic rings. The maximum atomic E-state index is 12.4. The van der Waals surface area contributed by atoms with Crippen molar-refractivity contribution in [2.75, 3.05) is 0 Å². The van der Waals surface area contributed by atoms with Crippen LogP contribution in [-0.2, 0) is 4.74 Å². The molecule has 2 atom stereocenters. The lowest BCUT2D eigenvalue weighted by molar-refractivity contribution is 0.0345. The van der Waals surface area contributed by atoms with Gasteiger partial charge in [-0.05, 0) is 36.8 Å². The van der Waals surface area contributed by atoms with Crippen molar-refractivity contribution in [3.63, 3.8) is 0 Å². The van der Waals surface area contributed by atoms with E-state index in [1.165, 1.54) is 6.07 Å². The van der Waals surface area contributed by atoms with Gasteiger partial charge in [0.15, 0.2) is 0 Å². The van der Waals surface area contributed by atoms with Gasteiger partial charge in [0.2, 0.25) is 0 Å². The molecule has 2 heterocycles. The van der Waals surface area contributed by atoms with Crippen molar-refractivity contribution < 1.29 is 19.4 Å². The Kier molecular flexibility index (Phi) is 3.83. The van der Waals surface area contributed by atoms with E-state index in [-0.39, 0.29) is 22.7 Å². The number of aromatic hydroxyl groups is 1. The monoisotopic (exact) mass is 412 g/mol. The zero-order valence-electron chi connectivity index (χ0n) is 14.7. The third-order valence-corrected chi connectivity index (χ3v) is 5.99. The van der Waals surface area contributed by atoms with Crippen molar-refractivity contribution in [3.05, 3.63) is 86.4 Å². The van der Waals surface area contributed by atoms with E-state index in [2.05, 4.69) is 0 Å². The van der Waals surface area contributed by atoms with E-state index in [0.29, 0.717) is 22.1 Å². The lowest BCUT2D eigenvalue weighted by Crippen LogP contribution is -2.18. The Morgan fingerprint density at radius 3 is 2.39 bits per heavy atom. The molecule has 140 valence electrons. The Balaban J connectivity index is 1.77. The molecular weight excluding hydrogens is 399 g/mol. The van der Waals surface area contributed by atoms with Gasteiger partial charge in [-0.1, -0.05) is 41.4 Å². The normalized spacial score (nSPS) is 19.3. The zero-order valence-corrected chi connectivity index (χ0v) is 16.2.